The number of benzene rings is 1. The lowest BCUT2D eigenvalue weighted by atomic mass is 9.93. The van der Waals surface area contributed by atoms with Crippen LogP contribution in [0, 0.1) is 5.92 Å². The van der Waals surface area contributed by atoms with Crippen molar-refractivity contribution in [3.63, 3.8) is 0 Å². The summed E-state index contributed by atoms with van der Waals surface area (Å²) in [4.78, 5) is 29.9. The summed E-state index contributed by atoms with van der Waals surface area (Å²) < 4.78 is 0. The largest absolute Gasteiger partial charge is 0.359 e. The first-order valence-electron chi connectivity index (χ1n) is 9.09. The number of carbonyl (C=O) groups is 2. The number of amides is 2. The predicted molar refractivity (Wildman–Crippen MR) is 118 cm³/mol. The molecule has 3 N–H and O–H groups in total. The summed E-state index contributed by atoms with van der Waals surface area (Å²) in [5, 5.41) is 8.70. The quantitative estimate of drug-likeness (QED) is 0.321. The molecular weight excluding hydrogens is 457 g/mol. The molecule has 0 unspecified atom stereocenters. The van der Waals surface area contributed by atoms with Crippen LogP contribution in [0.4, 0.5) is 0 Å². The average Bonchev–Trinajstić information content (AvgIpc) is 2.68. The van der Waals surface area contributed by atoms with E-state index >= 15 is 0 Å². The minimum Gasteiger partial charge on any atom is -0.359 e. The van der Waals surface area contributed by atoms with Crippen molar-refractivity contribution in [3.05, 3.63) is 35.9 Å². The maximum atomic E-state index is 12.0. The van der Waals surface area contributed by atoms with Gasteiger partial charge in [-0.05, 0) is 24.3 Å². The molecule has 0 radical (unpaired) electrons. The Morgan fingerprint density at radius 2 is 1.78 bits per heavy atom. The normalized spacial score (nSPS) is 14.9. The van der Waals surface area contributed by atoms with E-state index in [4.69, 9.17) is 0 Å². The van der Waals surface area contributed by atoms with E-state index in [1.54, 1.807) is 14.1 Å². The van der Waals surface area contributed by atoms with Crippen LogP contribution in [0.25, 0.3) is 0 Å². The zero-order valence-electron chi connectivity index (χ0n) is 16.0. The van der Waals surface area contributed by atoms with Gasteiger partial charge in [0.15, 0.2) is 5.96 Å². The molecule has 7 nitrogen and oxygen atoms in total. The fourth-order valence-corrected chi connectivity index (χ4v) is 3.06. The van der Waals surface area contributed by atoms with Crippen molar-refractivity contribution in [2.45, 2.75) is 25.8 Å². The summed E-state index contributed by atoms with van der Waals surface area (Å²) in [5.41, 5.74) is 1.07. The van der Waals surface area contributed by atoms with E-state index in [9.17, 15) is 9.59 Å². The highest BCUT2D eigenvalue weighted by atomic mass is 127. The van der Waals surface area contributed by atoms with Gasteiger partial charge in [-0.15, -0.1) is 24.0 Å². The predicted octanol–water partition coefficient (Wildman–Crippen LogP) is 1.34. The van der Waals surface area contributed by atoms with E-state index in [0.29, 0.717) is 18.9 Å². The first kappa shape index (κ1) is 23.2. The van der Waals surface area contributed by atoms with Gasteiger partial charge in [0.2, 0.25) is 11.8 Å². The summed E-state index contributed by atoms with van der Waals surface area (Å²) in [6, 6.07) is 9.82. The SMILES string of the molecule is CN=C(NCC(=O)NCc1ccccc1)N1CCC(CC(=O)NC)CC1.I. The molecule has 2 rings (SSSR count). The van der Waals surface area contributed by atoms with Gasteiger partial charge in [0.05, 0.1) is 6.54 Å². The molecule has 2 amide bonds. The van der Waals surface area contributed by atoms with Gasteiger partial charge >= 0.3 is 0 Å². The molecular formula is C19H30IN5O2. The summed E-state index contributed by atoms with van der Waals surface area (Å²) in [6.07, 6.45) is 2.49. The standard InChI is InChI=1S/C19H29N5O2.HI/c1-20-17(25)12-15-8-10-24(11-9-15)19(21-2)23-14-18(26)22-13-16-6-4-3-5-7-16;/h3-7,15H,8-14H2,1-2H3,(H,20,25)(H,21,23)(H,22,26);1H. The van der Waals surface area contributed by atoms with Crippen LogP contribution in [0.2, 0.25) is 0 Å². The monoisotopic (exact) mass is 487 g/mol. The molecule has 1 fully saturated rings. The number of hydrogen-bond donors (Lipinski definition) is 3. The Kier molecular flexibility index (Phi) is 10.8. The Morgan fingerprint density at radius 1 is 1.11 bits per heavy atom. The molecule has 150 valence electrons. The fraction of sp³-hybridized carbons (Fsp3) is 0.526. The van der Waals surface area contributed by atoms with Crippen molar-refractivity contribution < 1.29 is 9.59 Å². The molecule has 0 aromatic heterocycles. The van der Waals surface area contributed by atoms with Crippen molar-refractivity contribution in [3.8, 4) is 0 Å². The summed E-state index contributed by atoms with van der Waals surface area (Å²) in [7, 11) is 3.40. The second kappa shape index (κ2) is 12.5. The zero-order valence-corrected chi connectivity index (χ0v) is 18.4. The van der Waals surface area contributed by atoms with Crippen LogP contribution in [0.5, 0.6) is 0 Å². The lowest BCUT2D eigenvalue weighted by Crippen LogP contribution is -2.48. The van der Waals surface area contributed by atoms with E-state index in [1.165, 1.54) is 0 Å². The van der Waals surface area contributed by atoms with E-state index < -0.39 is 0 Å². The number of halogens is 1. The first-order valence-corrected chi connectivity index (χ1v) is 9.09. The van der Waals surface area contributed by atoms with Gasteiger partial charge in [0.25, 0.3) is 0 Å². The summed E-state index contributed by atoms with van der Waals surface area (Å²) in [6.45, 7) is 2.39. The van der Waals surface area contributed by atoms with Crippen LogP contribution in [0.1, 0.15) is 24.8 Å². The molecule has 1 heterocycles. The van der Waals surface area contributed by atoms with Crippen molar-refractivity contribution in [1.29, 1.82) is 0 Å². The molecule has 1 aliphatic rings. The van der Waals surface area contributed by atoms with Crippen LogP contribution < -0.4 is 16.0 Å². The summed E-state index contributed by atoms with van der Waals surface area (Å²) >= 11 is 0. The van der Waals surface area contributed by atoms with Gasteiger partial charge in [-0.1, -0.05) is 30.3 Å². The molecule has 1 aromatic carbocycles. The smallest absolute Gasteiger partial charge is 0.239 e. The second-order valence-corrected chi connectivity index (χ2v) is 6.47. The Morgan fingerprint density at radius 3 is 2.37 bits per heavy atom. The number of carbonyl (C=O) groups excluding carboxylic acids is 2. The molecule has 0 saturated carbocycles. The Labute approximate surface area is 178 Å². The van der Waals surface area contributed by atoms with Gasteiger partial charge in [-0.3, -0.25) is 14.6 Å². The van der Waals surface area contributed by atoms with Crippen LogP contribution >= 0.6 is 24.0 Å². The number of hydrogen-bond acceptors (Lipinski definition) is 3. The third-order valence-corrected chi connectivity index (χ3v) is 4.62. The first-order chi connectivity index (χ1) is 12.6. The molecule has 27 heavy (non-hydrogen) atoms. The van der Waals surface area contributed by atoms with Crippen molar-refractivity contribution in [2.75, 3.05) is 33.7 Å². The van der Waals surface area contributed by atoms with Crippen molar-refractivity contribution in [1.82, 2.24) is 20.9 Å². The molecule has 0 aliphatic carbocycles. The summed E-state index contributed by atoms with van der Waals surface area (Å²) in [5.74, 6) is 1.18. The number of rotatable bonds is 6. The molecule has 0 spiro atoms. The lowest BCUT2D eigenvalue weighted by molar-refractivity contribution is -0.122. The maximum Gasteiger partial charge on any atom is 0.239 e. The molecule has 1 saturated heterocycles. The Bertz CT molecular complexity index is 616. The highest BCUT2D eigenvalue weighted by Gasteiger charge is 2.23. The molecule has 1 aromatic rings. The van der Waals surface area contributed by atoms with Crippen LogP contribution in [0.15, 0.2) is 35.3 Å². The van der Waals surface area contributed by atoms with E-state index in [-0.39, 0.29) is 42.3 Å². The van der Waals surface area contributed by atoms with Crippen LogP contribution in [0.3, 0.4) is 0 Å². The fourth-order valence-electron chi connectivity index (χ4n) is 3.06. The Hall–Kier alpha value is -1.84. The third-order valence-electron chi connectivity index (χ3n) is 4.62. The highest BCUT2D eigenvalue weighted by molar-refractivity contribution is 14.0. The number of guanidine groups is 1. The lowest BCUT2D eigenvalue weighted by Gasteiger charge is -2.33. The Balaban J connectivity index is 0.00000364. The van der Waals surface area contributed by atoms with Crippen LogP contribution in [-0.2, 0) is 16.1 Å². The molecule has 8 heteroatoms. The van der Waals surface area contributed by atoms with Gasteiger partial charge in [-0.2, -0.15) is 0 Å². The van der Waals surface area contributed by atoms with Crippen molar-refractivity contribution in [2.24, 2.45) is 10.9 Å². The number of likely N-dealkylation sites (tertiary alicyclic amines) is 1. The van der Waals surface area contributed by atoms with Gasteiger partial charge in [0, 0.05) is 40.2 Å². The van der Waals surface area contributed by atoms with Gasteiger partial charge < -0.3 is 20.9 Å². The van der Waals surface area contributed by atoms with Crippen molar-refractivity contribution >= 4 is 41.8 Å². The highest BCUT2D eigenvalue weighted by Crippen LogP contribution is 2.20. The number of aliphatic imine (C=N–C) groups is 1. The van der Waals surface area contributed by atoms with Gasteiger partial charge in [0.1, 0.15) is 0 Å². The zero-order chi connectivity index (χ0) is 18.8. The second-order valence-electron chi connectivity index (χ2n) is 6.47. The third kappa shape index (κ3) is 8.15. The average molecular weight is 487 g/mol. The number of nitrogens with zero attached hydrogens (tertiary/aromatic N) is 2. The molecule has 0 atom stereocenters. The van der Waals surface area contributed by atoms with E-state index in [2.05, 4.69) is 25.8 Å². The molecule has 1 aliphatic heterocycles. The topological polar surface area (TPSA) is 85.8 Å². The van der Waals surface area contributed by atoms with E-state index in [0.717, 1.165) is 37.5 Å². The number of nitrogens with one attached hydrogen (secondary N) is 3. The minimum absolute atomic E-state index is 0. The van der Waals surface area contributed by atoms with E-state index in [1.807, 2.05) is 30.3 Å². The maximum absolute atomic E-state index is 12.0. The molecule has 0 bridgehead atoms. The van der Waals surface area contributed by atoms with Crippen LogP contribution in [-0.4, -0.2) is 56.4 Å². The minimum atomic E-state index is -0.0653. The number of piperidine rings is 1. The van der Waals surface area contributed by atoms with Gasteiger partial charge in [-0.25, -0.2) is 0 Å².